The van der Waals surface area contributed by atoms with Gasteiger partial charge in [0.25, 0.3) is 11.8 Å². The molecule has 5 heteroatoms. The van der Waals surface area contributed by atoms with Gasteiger partial charge in [0.2, 0.25) is 0 Å². The molecule has 3 aromatic rings. The predicted octanol–water partition coefficient (Wildman–Crippen LogP) is 3.93. The lowest BCUT2D eigenvalue weighted by Gasteiger charge is -2.30. The predicted molar refractivity (Wildman–Crippen MR) is 116 cm³/mol. The number of benzene rings is 3. The molecule has 30 heavy (non-hydrogen) atoms. The van der Waals surface area contributed by atoms with Crippen LogP contribution in [-0.2, 0) is 17.8 Å². The molecule has 0 radical (unpaired) electrons. The van der Waals surface area contributed by atoms with Gasteiger partial charge in [-0.05, 0) is 46.9 Å². The summed E-state index contributed by atoms with van der Waals surface area (Å²) >= 11 is 0. The lowest BCUT2D eigenvalue weighted by Crippen LogP contribution is -2.36. The fourth-order valence-corrected chi connectivity index (χ4v) is 3.71. The highest BCUT2D eigenvalue weighted by Gasteiger charge is 2.25. The summed E-state index contributed by atoms with van der Waals surface area (Å²) in [6, 6.07) is 24.8. The Kier molecular flexibility index (Phi) is 5.72. The zero-order valence-corrected chi connectivity index (χ0v) is 16.4. The van der Waals surface area contributed by atoms with Crippen molar-refractivity contribution >= 4 is 23.5 Å². The molecule has 5 nitrogen and oxygen atoms in total. The first-order chi connectivity index (χ1) is 14.7. The largest absolute Gasteiger partial charge is 0.334 e. The molecule has 0 aromatic heterocycles. The van der Waals surface area contributed by atoms with Gasteiger partial charge in [-0.3, -0.25) is 14.8 Å². The molecule has 2 N–H and O–H groups in total. The van der Waals surface area contributed by atoms with Crippen molar-refractivity contribution in [2.24, 2.45) is 0 Å². The summed E-state index contributed by atoms with van der Waals surface area (Å²) in [5, 5.41) is 8.90. The van der Waals surface area contributed by atoms with Crippen LogP contribution in [0.1, 0.15) is 32.6 Å². The van der Waals surface area contributed by atoms with Crippen molar-refractivity contribution in [3.8, 4) is 0 Å². The van der Waals surface area contributed by atoms with Gasteiger partial charge in [0, 0.05) is 24.2 Å². The molecule has 0 atom stereocenters. The van der Waals surface area contributed by atoms with Crippen LogP contribution in [0, 0.1) is 0 Å². The Morgan fingerprint density at radius 3 is 2.27 bits per heavy atom. The van der Waals surface area contributed by atoms with E-state index in [9.17, 15) is 9.59 Å². The molecule has 1 aliphatic rings. The molecule has 0 unspecified atom stereocenters. The number of carbonyl (C=O) groups is 2. The summed E-state index contributed by atoms with van der Waals surface area (Å²) < 4.78 is 0. The van der Waals surface area contributed by atoms with Gasteiger partial charge in [-0.1, -0.05) is 66.7 Å². The van der Waals surface area contributed by atoms with Crippen LogP contribution in [0.25, 0.3) is 11.6 Å². The van der Waals surface area contributed by atoms with Crippen molar-refractivity contribution in [1.82, 2.24) is 10.4 Å². The number of hydrogen-bond donors (Lipinski definition) is 2. The second-order valence-electron chi connectivity index (χ2n) is 7.24. The average Bonchev–Trinajstić information content (AvgIpc) is 2.82. The molecule has 150 valence electrons. The number of nitrogens with zero attached hydrogens (tertiary/aromatic N) is 1. The molecule has 0 aliphatic carbocycles. The zero-order valence-electron chi connectivity index (χ0n) is 16.4. The molecule has 0 spiro atoms. The third kappa shape index (κ3) is 4.16. The lowest BCUT2D eigenvalue weighted by molar-refractivity contribution is -0.125. The quantitative estimate of drug-likeness (QED) is 0.303. The highest BCUT2D eigenvalue weighted by atomic mass is 16.5. The number of nitrogens with one attached hydrogen (secondary N) is 1. The van der Waals surface area contributed by atoms with Crippen LogP contribution < -0.4 is 5.48 Å². The van der Waals surface area contributed by atoms with Gasteiger partial charge in [0.15, 0.2) is 0 Å². The first kappa shape index (κ1) is 19.6. The second-order valence-corrected chi connectivity index (χ2v) is 7.24. The molecular weight excluding hydrogens is 376 g/mol. The minimum atomic E-state index is -0.560. The fraction of sp³-hybridized carbons (Fsp3) is 0.120. The van der Waals surface area contributed by atoms with Crippen LogP contribution in [0.5, 0.6) is 0 Å². The Morgan fingerprint density at radius 1 is 0.867 bits per heavy atom. The van der Waals surface area contributed by atoms with Crippen LogP contribution in [0.3, 0.4) is 0 Å². The van der Waals surface area contributed by atoms with E-state index in [0.717, 1.165) is 28.7 Å². The maximum Gasteiger partial charge on any atom is 0.274 e. The third-order valence-electron chi connectivity index (χ3n) is 5.30. The van der Waals surface area contributed by atoms with Crippen molar-refractivity contribution in [1.29, 1.82) is 0 Å². The SMILES string of the molecule is O=C(NO)c1ccc2c(c1)CN(C(=O)/C(=C/c1ccccc1)c1ccccc1)CC2. The van der Waals surface area contributed by atoms with E-state index >= 15 is 0 Å². The second kappa shape index (κ2) is 8.76. The van der Waals surface area contributed by atoms with Crippen molar-refractivity contribution in [2.75, 3.05) is 6.54 Å². The molecule has 1 aliphatic heterocycles. The van der Waals surface area contributed by atoms with Crippen LogP contribution in [0.15, 0.2) is 78.9 Å². The van der Waals surface area contributed by atoms with Gasteiger partial charge in [0.05, 0.1) is 0 Å². The van der Waals surface area contributed by atoms with E-state index in [2.05, 4.69) is 0 Å². The number of fused-ring (bicyclic) bond motifs is 1. The average molecular weight is 398 g/mol. The fourth-order valence-electron chi connectivity index (χ4n) is 3.71. The van der Waals surface area contributed by atoms with E-state index in [1.54, 1.807) is 17.6 Å². The van der Waals surface area contributed by atoms with Crippen molar-refractivity contribution in [2.45, 2.75) is 13.0 Å². The molecule has 4 rings (SSSR count). The Morgan fingerprint density at radius 2 is 1.57 bits per heavy atom. The summed E-state index contributed by atoms with van der Waals surface area (Å²) in [4.78, 5) is 27.1. The third-order valence-corrected chi connectivity index (χ3v) is 5.30. The maximum atomic E-state index is 13.5. The van der Waals surface area contributed by atoms with Crippen LogP contribution >= 0.6 is 0 Å². The minimum absolute atomic E-state index is 0.0484. The Hall–Kier alpha value is -3.70. The van der Waals surface area contributed by atoms with E-state index in [1.165, 1.54) is 0 Å². The first-order valence-electron chi connectivity index (χ1n) is 9.83. The minimum Gasteiger partial charge on any atom is -0.334 e. The van der Waals surface area contributed by atoms with Gasteiger partial charge in [-0.25, -0.2) is 5.48 Å². The van der Waals surface area contributed by atoms with Gasteiger partial charge >= 0.3 is 0 Å². The van der Waals surface area contributed by atoms with Crippen molar-refractivity contribution in [3.63, 3.8) is 0 Å². The highest BCUT2D eigenvalue weighted by molar-refractivity contribution is 6.24. The Bertz CT molecular complexity index is 1090. The van der Waals surface area contributed by atoms with Gasteiger partial charge in [-0.2, -0.15) is 0 Å². The topological polar surface area (TPSA) is 69.6 Å². The highest BCUT2D eigenvalue weighted by Crippen LogP contribution is 2.26. The van der Waals surface area contributed by atoms with E-state index in [-0.39, 0.29) is 5.91 Å². The monoisotopic (exact) mass is 398 g/mol. The van der Waals surface area contributed by atoms with Crippen LogP contribution in [0.2, 0.25) is 0 Å². The number of hydroxylamine groups is 1. The lowest BCUT2D eigenvalue weighted by atomic mass is 9.95. The normalized spacial score (nSPS) is 13.5. The van der Waals surface area contributed by atoms with Crippen LogP contribution in [-0.4, -0.2) is 28.5 Å². The molecule has 3 aromatic carbocycles. The summed E-state index contributed by atoms with van der Waals surface area (Å²) in [7, 11) is 0. The molecular formula is C25H22N2O3. The number of amides is 2. The van der Waals surface area contributed by atoms with Crippen LogP contribution in [0.4, 0.5) is 0 Å². The van der Waals surface area contributed by atoms with E-state index in [1.807, 2.05) is 77.7 Å². The van der Waals surface area contributed by atoms with Gasteiger partial charge in [0.1, 0.15) is 0 Å². The molecule has 0 saturated carbocycles. The summed E-state index contributed by atoms with van der Waals surface area (Å²) in [6.07, 6.45) is 2.64. The summed E-state index contributed by atoms with van der Waals surface area (Å²) in [5.41, 5.74) is 6.52. The zero-order chi connectivity index (χ0) is 20.9. The maximum absolute atomic E-state index is 13.5. The van der Waals surface area contributed by atoms with E-state index in [0.29, 0.717) is 24.2 Å². The van der Waals surface area contributed by atoms with Gasteiger partial charge in [-0.15, -0.1) is 0 Å². The van der Waals surface area contributed by atoms with Crippen molar-refractivity contribution < 1.29 is 14.8 Å². The first-order valence-corrected chi connectivity index (χ1v) is 9.83. The number of hydrogen-bond acceptors (Lipinski definition) is 3. The Balaban J connectivity index is 1.66. The molecule has 1 heterocycles. The van der Waals surface area contributed by atoms with Crippen molar-refractivity contribution in [3.05, 3.63) is 107 Å². The molecule has 0 saturated heterocycles. The smallest absolute Gasteiger partial charge is 0.274 e. The molecule has 0 bridgehead atoms. The van der Waals surface area contributed by atoms with E-state index < -0.39 is 5.91 Å². The summed E-state index contributed by atoms with van der Waals surface area (Å²) in [6.45, 7) is 1.02. The number of carbonyl (C=O) groups excluding carboxylic acids is 2. The van der Waals surface area contributed by atoms with E-state index in [4.69, 9.17) is 5.21 Å². The number of rotatable bonds is 4. The summed E-state index contributed by atoms with van der Waals surface area (Å²) in [5.74, 6) is -0.608. The Labute approximate surface area is 175 Å². The molecule has 0 fully saturated rings. The molecule has 2 amide bonds. The van der Waals surface area contributed by atoms with Gasteiger partial charge < -0.3 is 4.90 Å². The standard InChI is InChI=1S/C25H22N2O3/c28-24(26-30)21-12-11-19-13-14-27(17-22(19)16-21)25(29)23(20-9-5-2-6-10-20)15-18-7-3-1-4-8-18/h1-12,15-16,30H,13-14,17H2,(H,26,28)/b23-15+.